The van der Waals surface area contributed by atoms with Crippen LogP contribution in [0.1, 0.15) is 37.7 Å². The van der Waals surface area contributed by atoms with E-state index in [1.54, 1.807) is 0 Å². The molecule has 25 heavy (non-hydrogen) atoms. The second-order valence-electron chi connectivity index (χ2n) is 7.40. The number of para-hydroxylation sites is 1. The smallest absolute Gasteiger partial charge is 0.322 e. The topological polar surface area (TPSA) is 23.6 Å². The predicted molar refractivity (Wildman–Crippen MR) is 102 cm³/mol. The van der Waals surface area contributed by atoms with E-state index < -0.39 is 0 Å². The van der Waals surface area contributed by atoms with Gasteiger partial charge in [-0.3, -0.25) is 4.90 Å². The maximum absolute atomic E-state index is 13.3. The molecule has 3 heteroatoms. The van der Waals surface area contributed by atoms with Crippen molar-refractivity contribution in [3.8, 4) is 0 Å². The summed E-state index contributed by atoms with van der Waals surface area (Å²) in [5.74, 6) is 0. The summed E-state index contributed by atoms with van der Waals surface area (Å²) < 4.78 is 0. The maximum atomic E-state index is 13.3. The number of benzene rings is 2. The normalized spacial score (nSPS) is 19.6. The van der Waals surface area contributed by atoms with E-state index >= 15 is 0 Å². The average molecular weight is 334 g/mol. The lowest BCUT2D eigenvalue weighted by Gasteiger charge is -2.40. The number of hydrogen-bond acceptors (Lipinski definition) is 1. The first-order valence-electron chi connectivity index (χ1n) is 9.47. The van der Waals surface area contributed by atoms with Crippen molar-refractivity contribution in [1.82, 2.24) is 4.90 Å². The molecule has 4 rings (SSSR count). The molecular weight excluding hydrogens is 308 g/mol. The van der Waals surface area contributed by atoms with Crippen LogP contribution < -0.4 is 4.90 Å². The van der Waals surface area contributed by atoms with E-state index in [1.807, 2.05) is 24.3 Å². The standard InChI is InChI=1S/C22H26N2O/c25-21-23(17-14-19-10-4-1-5-11-19)18-22(15-8-3-9-16-22)24(21)20-12-6-2-7-13-20/h1-2,4-7,10-13H,3,8-9,14-18H2. The number of carbonyl (C=O) groups is 1. The third-order valence-corrected chi connectivity index (χ3v) is 5.73. The van der Waals surface area contributed by atoms with Crippen LogP contribution in [0, 0.1) is 0 Å². The van der Waals surface area contributed by atoms with Gasteiger partial charge in [0.2, 0.25) is 0 Å². The van der Waals surface area contributed by atoms with Crippen LogP contribution in [0.4, 0.5) is 10.5 Å². The van der Waals surface area contributed by atoms with Gasteiger partial charge >= 0.3 is 6.03 Å². The highest BCUT2D eigenvalue weighted by molar-refractivity contribution is 5.96. The van der Waals surface area contributed by atoms with Gasteiger partial charge in [-0.05, 0) is 37.0 Å². The largest absolute Gasteiger partial charge is 0.325 e. The zero-order valence-electron chi connectivity index (χ0n) is 14.7. The molecule has 1 saturated carbocycles. The number of rotatable bonds is 4. The maximum Gasteiger partial charge on any atom is 0.325 e. The summed E-state index contributed by atoms with van der Waals surface area (Å²) >= 11 is 0. The quantitative estimate of drug-likeness (QED) is 0.782. The molecule has 1 saturated heterocycles. The Balaban J connectivity index is 1.57. The lowest BCUT2D eigenvalue weighted by molar-refractivity contribution is 0.219. The Morgan fingerprint density at radius 3 is 2.16 bits per heavy atom. The number of urea groups is 1. The molecule has 2 aliphatic rings. The summed E-state index contributed by atoms with van der Waals surface area (Å²) in [5.41, 5.74) is 2.34. The first-order chi connectivity index (χ1) is 12.3. The molecule has 1 spiro atoms. The van der Waals surface area contributed by atoms with Gasteiger partial charge in [0.25, 0.3) is 0 Å². The second-order valence-corrected chi connectivity index (χ2v) is 7.40. The fraction of sp³-hybridized carbons (Fsp3) is 0.409. The van der Waals surface area contributed by atoms with Gasteiger partial charge in [-0.25, -0.2) is 4.79 Å². The molecule has 2 aromatic carbocycles. The SMILES string of the molecule is O=C1N(CCc2ccccc2)CC2(CCCCC2)N1c1ccccc1. The minimum Gasteiger partial charge on any atom is -0.322 e. The minimum atomic E-state index is -0.00657. The lowest BCUT2D eigenvalue weighted by atomic mass is 9.81. The summed E-state index contributed by atoms with van der Waals surface area (Å²) in [4.78, 5) is 17.4. The zero-order chi connectivity index (χ0) is 17.1. The Bertz CT molecular complexity index is 707. The van der Waals surface area contributed by atoms with E-state index in [2.05, 4.69) is 46.2 Å². The van der Waals surface area contributed by atoms with E-state index in [9.17, 15) is 4.79 Å². The van der Waals surface area contributed by atoms with Gasteiger partial charge in [0.05, 0.1) is 5.54 Å². The van der Waals surface area contributed by atoms with Gasteiger partial charge in [0, 0.05) is 18.8 Å². The first-order valence-corrected chi connectivity index (χ1v) is 9.47. The molecular formula is C22H26N2O. The summed E-state index contributed by atoms with van der Waals surface area (Å²) in [5, 5.41) is 0. The Labute approximate surface area is 150 Å². The molecule has 3 nitrogen and oxygen atoms in total. The van der Waals surface area contributed by atoms with Gasteiger partial charge in [0.15, 0.2) is 0 Å². The van der Waals surface area contributed by atoms with Crippen LogP contribution in [0.2, 0.25) is 0 Å². The molecule has 0 atom stereocenters. The van der Waals surface area contributed by atoms with E-state index in [-0.39, 0.29) is 11.6 Å². The fourth-order valence-corrected chi connectivity index (χ4v) is 4.47. The highest BCUT2D eigenvalue weighted by Crippen LogP contribution is 2.42. The molecule has 2 amide bonds. The van der Waals surface area contributed by atoms with Crippen LogP contribution >= 0.6 is 0 Å². The van der Waals surface area contributed by atoms with Crippen molar-refractivity contribution >= 4 is 11.7 Å². The molecule has 1 heterocycles. The zero-order valence-corrected chi connectivity index (χ0v) is 14.7. The first kappa shape index (κ1) is 16.2. The molecule has 0 unspecified atom stereocenters. The monoisotopic (exact) mass is 334 g/mol. The molecule has 2 aromatic rings. The van der Waals surface area contributed by atoms with Crippen molar-refractivity contribution in [1.29, 1.82) is 0 Å². The fourth-order valence-electron chi connectivity index (χ4n) is 4.47. The number of carbonyl (C=O) groups excluding carboxylic acids is 1. The molecule has 2 fully saturated rings. The summed E-state index contributed by atoms with van der Waals surface area (Å²) in [6.07, 6.45) is 6.91. The van der Waals surface area contributed by atoms with E-state index in [0.717, 1.165) is 38.0 Å². The third kappa shape index (κ3) is 3.15. The number of hydrogen-bond donors (Lipinski definition) is 0. The van der Waals surface area contributed by atoms with Gasteiger partial charge in [0.1, 0.15) is 0 Å². The summed E-state index contributed by atoms with van der Waals surface area (Å²) in [6, 6.07) is 20.9. The third-order valence-electron chi connectivity index (χ3n) is 5.73. The van der Waals surface area contributed by atoms with Crippen LogP contribution in [0.25, 0.3) is 0 Å². The van der Waals surface area contributed by atoms with Gasteiger partial charge in [-0.15, -0.1) is 0 Å². The molecule has 0 radical (unpaired) electrons. The lowest BCUT2D eigenvalue weighted by Crippen LogP contribution is -2.48. The van der Waals surface area contributed by atoms with Crippen molar-refractivity contribution in [2.45, 2.75) is 44.1 Å². The van der Waals surface area contributed by atoms with Crippen molar-refractivity contribution in [3.63, 3.8) is 0 Å². The summed E-state index contributed by atoms with van der Waals surface area (Å²) in [6.45, 7) is 1.67. The molecule has 1 aliphatic carbocycles. The summed E-state index contributed by atoms with van der Waals surface area (Å²) in [7, 11) is 0. The van der Waals surface area contributed by atoms with Gasteiger partial charge < -0.3 is 4.90 Å². The average Bonchev–Trinajstić information content (AvgIpc) is 2.93. The van der Waals surface area contributed by atoms with Gasteiger partial charge in [-0.1, -0.05) is 67.8 Å². The van der Waals surface area contributed by atoms with Crippen molar-refractivity contribution in [2.24, 2.45) is 0 Å². The van der Waals surface area contributed by atoms with E-state index in [4.69, 9.17) is 0 Å². The van der Waals surface area contributed by atoms with Crippen LogP contribution in [0.5, 0.6) is 0 Å². The Morgan fingerprint density at radius 1 is 0.840 bits per heavy atom. The van der Waals surface area contributed by atoms with Crippen LogP contribution in [0.15, 0.2) is 60.7 Å². The molecule has 0 N–H and O–H groups in total. The highest BCUT2D eigenvalue weighted by atomic mass is 16.2. The number of anilines is 1. The minimum absolute atomic E-state index is 0.00657. The van der Waals surface area contributed by atoms with Gasteiger partial charge in [-0.2, -0.15) is 0 Å². The van der Waals surface area contributed by atoms with Crippen molar-refractivity contribution < 1.29 is 4.79 Å². The number of amides is 2. The highest BCUT2D eigenvalue weighted by Gasteiger charge is 2.50. The molecule has 0 aromatic heterocycles. The predicted octanol–water partition coefficient (Wildman–Crippen LogP) is 4.87. The molecule has 130 valence electrons. The molecule has 1 aliphatic heterocycles. The van der Waals surface area contributed by atoms with E-state index in [0.29, 0.717) is 0 Å². The second kappa shape index (κ2) is 6.91. The molecule has 0 bridgehead atoms. The Kier molecular flexibility index (Phi) is 4.48. The van der Waals surface area contributed by atoms with E-state index in [1.165, 1.54) is 24.8 Å². The van der Waals surface area contributed by atoms with Crippen molar-refractivity contribution in [3.05, 3.63) is 66.2 Å². The van der Waals surface area contributed by atoms with Crippen LogP contribution in [0.3, 0.4) is 0 Å². The van der Waals surface area contributed by atoms with Crippen LogP contribution in [-0.2, 0) is 6.42 Å². The van der Waals surface area contributed by atoms with Crippen molar-refractivity contribution in [2.75, 3.05) is 18.0 Å². The van der Waals surface area contributed by atoms with Crippen LogP contribution in [-0.4, -0.2) is 29.6 Å². The Morgan fingerprint density at radius 2 is 1.48 bits per heavy atom. The number of nitrogens with zero attached hydrogens (tertiary/aromatic N) is 2. The Hall–Kier alpha value is -2.29.